The lowest BCUT2D eigenvalue weighted by Gasteiger charge is -2.18. The van der Waals surface area contributed by atoms with E-state index >= 15 is 0 Å². The lowest BCUT2D eigenvalue weighted by Crippen LogP contribution is -2.37. The molecule has 1 aliphatic rings. The molecule has 0 aliphatic carbocycles. The number of hydrogen-bond donors (Lipinski definition) is 1. The number of para-hydroxylation sites is 1. The van der Waals surface area contributed by atoms with Gasteiger partial charge in [0.15, 0.2) is 0 Å². The Balaban J connectivity index is 1.61. The van der Waals surface area contributed by atoms with E-state index < -0.39 is 0 Å². The third kappa shape index (κ3) is 3.59. The molecule has 24 heavy (non-hydrogen) atoms. The molecule has 1 aliphatic heterocycles. The Bertz CT molecular complexity index is 764. The van der Waals surface area contributed by atoms with Crippen molar-refractivity contribution in [2.75, 3.05) is 29.9 Å². The van der Waals surface area contributed by atoms with Crippen LogP contribution in [0, 0.1) is 6.92 Å². The van der Waals surface area contributed by atoms with Gasteiger partial charge in [0.25, 0.3) is 0 Å². The van der Waals surface area contributed by atoms with Crippen LogP contribution < -0.4 is 10.2 Å². The monoisotopic (exact) mass is 387 g/mol. The summed E-state index contributed by atoms with van der Waals surface area (Å²) in [5.41, 5.74) is 2.63. The highest BCUT2D eigenvalue weighted by molar-refractivity contribution is 9.10. The van der Waals surface area contributed by atoms with Gasteiger partial charge in [-0.1, -0.05) is 34.1 Å². The van der Waals surface area contributed by atoms with E-state index in [1.807, 2.05) is 55.5 Å². The van der Waals surface area contributed by atoms with E-state index in [0.29, 0.717) is 13.1 Å². The fraction of sp³-hybridized carbons (Fsp3) is 0.222. The van der Waals surface area contributed by atoms with Gasteiger partial charge in [0.2, 0.25) is 5.91 Å². The molecule has 6 heteroatoms. The van der Waals surface area contributed by atoms with E-state index in [-0.39, 0.29) is 18.5 Å². The molecule has 1 heterocycles. The Morgan fingerprint density at radius 1 is 1.17 bits per heavy atom. The molecule has 2 aromatic carbocycles. The maximum Gasteiger partial charge on any atom is 0.325 e. The molecule has 124 valence electrons. The van der Waals surface area contributed by atoms with Gasteiger partial charge in [-0.3, -0.25) is 9.69 Å². The van der Waals surface area contributed by atoms with Gasteiger partial charge in [-0.2, -0.15) is 0 Å². The number of amides is 3. The fourth-order valence-corrected chi connectivity index (χ4v) is 2.92. The van der Waals surface area contributed by atoms with Crippen molar-refractivity contribution < 1.29 is 9.59 Å². The van der Waals surface area contributed by atoms with Crippen molar-refractivity contribution in [3.8, 4) is 0 Å². The number of anilines is 2. The van der Waals surface area contributed by atoms with Crippen molar-refractivity contribution in [2.45, 2.75) is 6.92 Å². The summed E-state index contributed by atoms with van der Waals surface area (Å²) >= 11 is 3.43. The van der Waals surface area contributed by atoms with Gasteiger partial charge in [0.1, 0.15) is 6.54 Å². The maximum atomic E-state index is 12.5. The molecule has 1 fully saturated rings. The summed E-state index contributed by atoms with van der Waals surface area (Å²) in [6, 6.07) is 15.0. The minimum absolute atomic E-state index is 0.0529. The highest BCUT2D eigenvalue weighted by Gasteiger charge is 2.30. The molecule has 0 aromatic heterocycles. The highest BCUT2D eigenvalue weighted by atomic mass is 79.9. The van der Waals surface area contributed by atoms with E-state index in [4.69, 9.17) is 0 Å². The first-order valence-electron chi connectivity index (χ1n) is 7.72. The van der Waals surface area contributed by atoms with Crippen LogP contribution in [0.4, 0.5) is 16.2 Å². The summed E-state index contributed by atoms with van der Waals surface area (Å²) in [6.07, 6.45) is 0. The Kier molecular flexibility index (Phi) is 4.85. The summed E-state index contributed by atoms with van der Waals surface area (Å²) in [5.74, 6) is -0.194. The van der Waals surface area contributed by atoms with Crippen molar-refractivity contribution in [1.82, 2.24) is 4.90 Å². The van der Waals surface area contributed by atoms with Crippen molar-refractivity contribution in [3.63, 3.8) is 0 Å². The Morgan fingerprint density at radius 3 is 2.62 bits per heavy atom. The molecule has 3 rings (SSSR count). The first-order chi connectivity index (χ1) is 11.5. The predicted molar refractivity (Wildman–Crippen MR) is 98.3 cm³/mol. The molecule has 0 bridgehead atoms. The molecule has 5 nitrogen and oxygen atoms in total. The second-order valence-corrected chi connectivity index (χ2v) is 6.56. The average Bonchev–Trinajstić information content (AvgIpc) is 2.92. The zero-order valence-corrected chi connectivity index (χ0v) is 14.9. The molecule has 3 amide bonds. The third-order valence-electron chi connectivity index (χ3n) is 3.94. The smallest absolute Gasteiger partial charge is 0.325 e. The number of carbonyl (C=O) groups is 2. The van der Waals surface area contributed by atoms with Crippen LogP contribution in [0.25, 0.3) is 0 Å². The van der Waals surface area contributed by atoms with Crippen molar-refractivity contribution in [3.05, 3.63) is 58.6 Å². The SMILES string of the molecule is Cc1cc(NC(=O)CN2CCN(c3ccccc3)C2=O)ccc1Br. The number of benzene rings is 2. The van der Waals surface area contributed by atoms with Crippen LogP contribution in [0.1, 0.15) is 5.56 Å². The van der Waals surface area contributed by atoms with Crippen LogP contribution >= 0.6 is 15.9 Å². The number of aryl methyl sites for hydroxylation is 1. The molecule has 0 radical (unpaired) electrons. The zero-order valence-electron chi connectivity index (χ0n) is 13.3. The predicted octanol–water partition coefficient (Wildman–Crippen LogP) is 3.64. The number of rotatable bonds is 4. The average molecular weight is 388 g/mol. The summed E-state index contributed by atoms with van der Waals surface area (Å²) in [5, 5.41) is 2.84. The Morgan fingerprint density at radius 2 is 1.92 bits per heavy atom. The molecule has 0 unspecified atom stereocenters. The Hall–Kier alpha value is -2.34. The number of nitrogens with zero attached hydrogens (tertiary/aromatic N) is 2. The zero-order chi connectivity index (χ0) is 17.1. The minimum atomic E-state index is -0.194. The van der Waals surface area contributed by atoms with Crippen LogP contribution in [0.3, 0.4) is 0 Å². The number of hydrogen-bond acceptors (Lipinski definition) is 2. The molecule has 1 saturated heterocycles. The molecule has 0 saturated carbocycles. The van der Waals surface area contributed by atoms with Crippen LogP contribution in [-0.2, 0) is 4.79 Å². The summed E-state index contributed by atoms with van der Waals surface area (Å²) in [4.78, 5) is 27.9. The third-order valence-corrected chi connectivity index (χ3v) is 4.83. The van der Waals surface area contributed by atoms with Gasteiger partial charge in [-0.25, -0.2) is 4.79 Å². The summed E-state index contributed by atoms with van der Waals surface area (Å²) in [6.45, 7) is 3.15. The Labute approximate surface area is 149 Å². The van der Waals surface area contributed by atoms with E-state index in [1.165, 1.54) is 0 Å². The molecule has 2 aromatic rings. The molecule has 1 N–H and O–H groups in total. The minimum Gasteiger partial charge on any atom is -0.325 e. The van der Waals surface area contributed by atoms with Gasteiger partial charge in [0.05, 0.1) is 0 Å². The fourth-order valence-electron chi connectivity index (χ4n) is 2.67. The van der Waals surface area contributed by atoms with Gasteiger partial charge in [0, 0.05) is 28.9 Å². The van der Waals surface area contributed by atoms with Crippen molar-refractivity contribution in [2.24, 2.45) is 0 Å². The molecule has 0 atom stereocenters. The van der Waals surface area contributed by atoms with E-state index in [1.54, 1.807) is 9.80 Å². The topological polar surface area (TPSA) is 52.7 Å². The second-order valence-electron chi connectivity index (χ2n) is 5.70. The van der Waals surface area contributed by atoms with Crippen LogP contribution in [0.15, 0.2) is 53.0 Å². The van der Waals surface area contributed by atoms with Gasteiger partial charge >= 0.3 is 6.03 Å². The lowest BCUT2D eigenvalue weighted by atomic mass is 10.2. The first kappa shape index (κ1) is 16.5. The van der Waals surface area contributed by atoms with Gasteiger partial charge in [-0.15, -0.1) is 0 Å². The van der Waals surface area contributed by atoms with Gasteiger partial charge in [-0.05, 0) is 42.8 Å². The highest BCUT2D eigenvalue weighted by Crippen LogP contribution is 2.21. The van der Waals surface area contributed by atoms with Gasteiger partial charge < -0.3 is 10.2 Å². The second kappa shape index (κ2) is 7.05. The van der Waals surface area contributed by atoms with Crippen molar-refractivity contribution >= 4 is 39.2 Å². The number of nitrogens with one attached hydrogen (secondary N) is 1. The van der Waals surface area contributed by atoms with Crippen molar-refractivity contribution in [1.29, 1.82) is 0 Å². The van der Waals surface area contributed by atoms with E-state index in [0.717, 1.165) is 21.4 Å². The van der Waals surface area contributed by atoms with Crippen LogP contribution in [0.5, 0.6) is 0 Å². The number of halogens is 1. The lowest BCUT2D eigenvalue weighted by molar-refractivity contribution is -0.116. The summed E-state index contributed by atoms with van der Waals surface area (Å²) < 4.78 is 0.994. The summed E-state index contributed by atoms with van der Waals surface area (Å²) in [7, 11) is 0. The van der Waals surface area contributed by atoms with Crippen LogP contribution in [0.2, 0.25) is 0 Å². The number of carbonyl (C=O) groups excluding carboxylic acids is 2. The molecular weight excluding hydrogens is 370 g/mol. The number of urea groups is 1. The van der Waals surface area contributed by atoms with E-state index in [9.17, 15) is 9.59 Å². The standard InChI is InChI=1S/C18H18BrN3O2/c1-13-11-14(7-8-16(13)19)20-17(23)12-21-9-10-22(18(21)24)15-5-3-2-4-6-15/h2-8,11H,9-10,12H2,1H3,(H,20,23). The van der Waals surface area contributed by atoms with Crippen LogP contribution in [-0.4, -0.2) is 36.5 Å². The molecular formula is C18H18BrN3O2. The largest absolute Gasteiger partial charge is 0.325 e. The first-order valence-corrected chi connectivity index (χ1v) is 8.51. The molecule has 0 spiro atoms. The quantitative estimate of drug-likeness (QED) is 0.870. The normalized spacial score (nSPS) is 14.2. The maximum absolute atomic E-state index is 12.5. The van der Waals surface area contributed by atoms with E-state index in [2.05, 4.69) is 21.2 Å².